The molecule has 5 amide bonds. The molecule has 0 unspecified atom stereocenters. The van der Waals surface area contributed by atoms with E-state index in [0.717, 1.165) is 19.6 Å². The molecule has 1 aliphatic rings. The first-order valence-corrected chi connectivity index (χ1v) is 22.7. The summed E-state index contributed by atoms with van der Waals surface area (Å²) in [7, 11) is 0. The van der Waals surface area contributed by atoms with Gasteiger partial charge in [0.2, 0.25) is 23.7 Å². The number of aromatic nitrogens is 9. The zero-order valence-electron chi connectivity index (χ0n) is 40.1. The number of morpholine rings is 1. The van der Waals surface area contributed by atoms with Gasteiger partial charge in [0.15, 0.2) is 11.3 Å². The Balaban J connectivity index is 1.25. The van der Waals surface area contributed by atoms with Crippen molar-refractivity contribution in [3.8, 4) is 5.75 Å². The maximum atomic E-state index is 14.5. The van der Waals surface area contributed by atoms with E-state index >= 15 is 0 Å². The highest BCUT2D eigenvalue weighted by Crippen LogP contribution is 2.32. The number of allylic oxidation sites excluding steroid dienone is 2. The van der Waals surface area contributed by atoms with Gasteiger partial charge in [-0.25, -0.2) is 19.7 Å². The second kappa shape index (κ2) is 20.7. The number of primary amides is 2. The van der Waals surface area contributed by atoms with Crippen molar-refractivity contribution in [2.45, 2.75) is 99.7 Å². The van der Waals surface area contributed by atoms with E-state index in [0.29, 0.717) is 64.6 Å². The van der Waals surface area contributed by atoms with Gasteiger partial charge in [0.05, 0.1) is 47.5 Å². The number of amides is 5. The largest absolute Gasteiger partial charge is 0.491 e. The van der Waals surface area contributed by atoms with Crippen molar-refractivity contribution >= 4 is 69.5 Å². The molecule has 5 aromatic heterocycles. The number of hydrogen-bond acceptors (Lipinski definition) is 14. The second-order valence-corrected chi connectivity index (χ2v) is 17.5. The Morgan fingerprint density at radius 1 is 0.855 bits per heavy atom. The Kier molecular flexibility index (Phi) is 14.8. The molecule has 0 saturated carbocycles. The second-order valence-electron chi connectivity index (χ2n) is 17.5. The van der Waals surface area contributed by atoms with E-state index in [2.05, 4.69) is 41.0 Å². The molecule has 0 radical (unpaired) electrons. The zero-order valence-corrected chi connectivity index (χ0v) is 40.1. The number of imidazole rings is 2. The van der Waals surface area contributed by atoms with Gasteiger partial charge in [0.1, 0.15) is 28.1 Å². The first-order chi connectivity index (χ1) is 32.8. The SMILES string of the molecule is CCn1nc(C)cc1C(=O)Nc1nc2cc(C(N)=O)cnc2n1C/C=C/Cn1c(NC(=O)c2c(NC(=O)OC(C)(C)C)c(C)nn2CC)nc2cc(C(N)=O)cc(OCCCN3CCO[C@@H](C)C3)c21. The Bertz CT molecular complexity index is 2960. The summed E-state index contributed by atoms with van der Waals surface area (Å²) in [6.07, 6.45) is 4.96. The Morgan fingerprint density at radius 2 is 1.52 bits per heavy atom. The fourth-order valence-electron chi connectivity index (χ4n) is 7.99. The van der Waals surface area contributed by atoms with Crippen LogP contribution < -0.4 is 32.2 Å². The molecule has 1 fully saturated rings. The molecule has 1 aromatic carbocycles. The number of anilines is 3. The quantitative estimate of drug-likeness (QED) is 0.0581. The molecule has 0 aliphatic carbocycles. The molecule has 1 aliphatic heterocycles. The van der Waals surface area contributed by atoms with Gasteiger partial charge in [0, 0.05) is 57.6 Å². The fraction of sp³-hybridized carbons (Fsp3) is 0.435. The van der Waals surface area contributed by atoms with E-state index in [4.69, 9.17) is 30.7 Å². The van der Waals surface area contributed by atoms with Crippen LogP contribution in [0.5, 0.6) is 5.75 Å². The number of fused-ring (bicyclic) bond motifs is 2. The van der Waals surface area contributed by atoms with Crippen LogP contribution in [0.1, 0.15) is 101 Å². The summed E-state index contributed by atoms with van der Waals surface area (Å²) in [5.74, 6) is -1.96. The molecule has 0 spiro atoms. The Labute approximate surface area is 397 Å². The van der Waals surface area contributed by atoms with E-state index in [9.17, 15) is 24.0 Å². The summed E-state index contributed by atoms with van der Waals surface area (Å²) in [6, 6.07) is 6.25. The summed E-state index contributed by atoms with van der Waals surface area (Å²) in [5.41, 5.74) is 13.9. The summed E-state index contributed by atoms with van der Waals surface area (Å²) in [6.45, 7) is 18.6. The van der Waals surface area contributed by atoms with Crippen molar-refractivity contribution in [1.82, 2.24) is 48.5 Å². The van der Waals surface area contributed by atoms with Crippen molar-refractivity contribution < 1.29 is 38.2 Å². The van der Waals surface area contributed by atoms with E-state index < -0.39 is 35.3 Å². The highest BCUT2D eigenvalue weighted by atomic mass is 16.6. The van der Waals surface area contributed by atoms with Gasteiger partial charge < -0.3 is 30.2 Å². The first-order valence-electron chi connectivity index (χ1n) is 22.7. The molecule has 6 aromatic rings. The minimum absolute atomic E-state index is 0.0486. The third-order valence-electron chi connectivity index (χ3n) is 11.1. The van der Waals surface area contributed by atoms with Crippen molar-refractivity contribution in [3.63, 3.8) is 0 Å². The van der Waals surface area contributed by atoms with Crippen LogP contribution in [0.15, 0.2) is 42.6 Å². The number of nitrogens with zero attached hydrogens (tertiary/aromatic N) is 10. The van der Waals surface area contributed by atoms with Gasteiger partial charge in [-0.2, -0.15) is 10.2 Å². The Morgan fingerprint density at radius 3 is 2.20 bits per heavy atom. The highest BCUT2D eigenvalue weighted by Gasteiger charge is 2.28. The van der Waals surface area contributed by atoms with Crippen LogP contribution in [-0.4, -0.2) is 123 Å². The van der Waals surface area contributed by atoms with Crippen molar-refractivity contribution in [3.05, 3.63) is 76.5 Å². The topological polar surface area (TPSA) is 289 Å². The summed E-state index contributed by atoms with van der Waals surface area (Å²) in [4.78, 5) is 82.1. The minimum Gasteiger partial charge on any atom is -0.491 e. The predicted molar refractivity (Wildman–Crippen MR) is 256 cm³/mol. The number of aryl methyl sites for hydroxylation is 4. The average molecular weight is 950 g/mol. The van der Waals surface area contributed by atoms with Gasteiger partial charge in [-0.1, -0.05) is 12.2 Å². The predicted octanol–water partition coefficient (Wildman–Crippen LogP) is 4.63. The molecular weight excluding hydrogens is 891 g/mol. The van der Waals surface area contributed by atoms with Crippen molar-refractivity contribution in [2.75, 3.05) is 48.8 Å². The monoisotopic (exact) mass is 949 g/mol. The number of rotatable bonds is 18. The van der Waals surface area contributed by atoms with Gasteiger partial charge in [-0.15, -0.1) is 0 Å². The molecule has 6 heterocycles. The molecule has 7 rings (SSSR count). The number of nitrogens with two attached hydrogens (primary N) is 2. The number of benzene rings is 1. The molecule has 23 nitrogen and oxygen atoms in total. The summed E-state index contributed by atoms with van der Waals surface area (Å²) in [5, 5.41) is 17.4. The number of carbonyl (C=O) groups is 5. The summed E-state index contributed by atoms with van der Waals surface area (Å²) < 4.78 is 24.0. The Hall–Kier alpha value is -7.66. The molecule has 69 heavy (non-hydrogen) atoms. The molecular formula is C46H59N15O8. The maximum Gasteiger partial charge on any atom is 0.412 e. The highest BCUT2D eigenvalue weighted by molar-refractivity contribution is 6.09. The number of carbonyl (C=O) groups excluding carboxylic acids is 5. The third-order valence-corrected chi connectivity index (χ3v) is 11.1. The minimum atomic E-state index is -0.811. The van der Waals surface area contributed by atoms with Gasteiger partial charge in [-0.05, 0) is 86.1 Å². The number of hydrogen-bond donors (Lipinski definition) is 5. The lowest BCUT2D eigenvalue weighted by atomic mass is 10.1. The molecule has 366 valence electrons. The van der Waals surface area contributed by atoms with Crippen molar-refractivity contribution in [2.24, 2.45) is 11.5 Å². The number of pyridine rings is 1. The molecule has 1 atom stereocenters. The van der Waals surface area contributed by atoms with E-state index in [1.54, 1.807) is 66.6 Å². The standard InChI is InChI=1S/C46H59N15O8/c1-9-60-33(20-26(3)55-60)41(64)53-44-51-32-22-30(39(48)63)24-49-40(32)59(44)16-12-11-15-58-36-31(21-29(38(47)62)23-34(36)68-18-13-14-57-17-19-67-27(4)25-57)50-43(58)54-42(65)37-35(28(5)56-61(37)10-2)52-45(66)69-46(6,7)8/h11-12,20-24,27H,9-10,13-19,25H2,1-8H3,(H2,47,62)(H2,48,63)(H,52,66)(H,50,54,65)(H,51,53,64)/b12-11+/t27-/m0/s1. The first kappa shape index (κ1) is 49.3. The van der Waals surface area contributed by atoms with E-state index in [1.807, 2.05) is 26.8 Å². The van der Waals surface area contributed by atoms with Gasteiger partial charge in [0.25, 0.3) is 11.8 Å². The normalized spacial score (nSPS) is 14.4. The molecule has 23 heteroatoms. The number of ether oxygens (including phenoxy) is 3. The van der Waals surface area contributed by atoms with Crippen LogP contribution in [0.3, 0.4) is 0 Å². The third kappa shape index (κ3) is 11.4. The molecule has 7 N–H and O–H groups in total. The lowest BCUT2D eigenvalue weighted by Gasteiger charge is -2.30. The van der Waals surface area contributed by atoms with E-state index in [1.165, 1.54) is 23.0 Å². The summed E-state index contributed by atoms with van der Waals surface area (Å²) >= 11 is 0. The van der Waals surface area contributed by atoms with Gasteiger partial charge >= 0.3 is 6.09 Å². The lowest BCUT2D eigenvalue weighted by molar-refractivity contribution is -0.0193. The van der Waals surface area contributed by atoms with Crippen LogP contribution in [0.2, 0.25) is 0 Å². The zero-order chi connectivity index (χ0) is 49.7. The molecule has 0 bridgehead atoms. The van der Waals surface area contributed by atoms with Crippen LogP contribution in [-0.2, 0) is 35.7 Å². The van der Waals surface area contributed by atoms with Crippen LogP contribution in [0, 0.1) is 13.8 Å². The van der Waals surface area contributed by atoms with Crippen LogP contribution in [0.4, 0.5) is 22.4 Å². The van der Waals surface area contributed by atoms with Crippen LogP contribution in [0.25, 0.3) is 22.2 Å². The molecule has 1 saturated heterocycles. The van der Waals surface area contributed by atoms with Crippen molar-refractivity contribution in [1.29, 1.82) is 0 Å². The van der Waals surface area contributed by atoms with Crippen LogP contribution >= 0.6 is 0 Å². The maximum absolute atomic E-state index is 14.5. The number of nitrogens with one attached hydrogen (secondary N) is 3. The van der Waals surface area contributed by atoms with E-state index in [-0.39, 0.29) is 66.8 Å². The fourth-order valence-corrected chi connectivity index (χ4v) is 7.99. The lowest BCUT2D eigenvalue weighted by Crippen LogP contribution is -2.41. The smallest absolute Gasteiger partial charge is 0.412 e. The van der Waals surface area contributed by atoms with Gasteiger partial charge in [-0.3, -0.25) is 54.0 Å². The average Bonchev–Trinajstić information content (AvgIpc) is 4.03.